The van der Waals surface area contributed by atoms with E-state index in [4.69, 9.17) is 10.5 Å². The molecule has 0 spiro atoms. The Morgan fingerprint density at radius 1 is 1.57 bits per heavy atom. The van der Waals surface area contributed by atoms with Crippen molar-refractivity contribution >= 4 is 5.91 Å². The van der Waals surface area contributed by atoms with Crippen molar-refractivity contribution < 1.29 is 13.9 Å². The Balaban J connectivity index is 2.01. The van der Waals surface area contributed by atoms with E-state index in [2.05, 4.69) is 6.92 Å². The molecule has 2 N–H and O–H groups in total. The van der Waals surface area contributed by atoms with Crippen molar-refractivity contribution in [3.8, 4) is 5.75 Å². The highest BCUT2D eigenvalue weighted by Gasteiger charge is 2.32. The lowest BCUT2D eigenvalue weighted by molar-refractivity contribution is -0.142. The van der Waals surface area contributed by atoms with Crippen LogP contribution in [-0.4, -0.2) is 36.0 Å². The Morgan fingerprint density at radius 3 is 3.00 bits per heavy atom. The maximum atomic E-state index is 13.1. The van der Waals surface area contributed by atoms with Crippen molar-refractivity contribution in [2.24, 2.45) is 11.7 Å². The molecule has 0 aromatic heterocycles. The van der Waals surface area contributed by atoms with Gasteiger partial charge in [0.2, 0.25) is 0 Å². The summed E-state index contributed by atoms with van der Waals surface area (Å²) in [6.07, 6.45) is 1.26. The molecule has 1 amide bonds. The van der Waals surface area contributed by atoms with Crippen molar-refractivity contribution in [2.45, 2.75) is 38.8 Å². The molecule has 0 saturated carbocycles. The van der Waals surface area contributed by atoms with Crippen molar-refractivity contribution in [2.75, 3.05) is 13.1 Å². The van der Waals surface area contributed by atoms with Crippen LogP contribution >= 0.6 is 0 Å². The van der Waals surface area contributed by atoms with E-state index < -0.39 is 6.10 Å². The van der Waals surface area contributed by atoms with Crippen molar-refractivity contribution in [3.63, 3.8) is 0 Å². The largest absolute Gasteiger partial charge is 0.481 e. The van der Waals surface area contributed by atoms with Gasteiger partial charge in [-0.3, -0.25) is 4.79 Å². The van der Waals surface area contributed by atoms with E-state index in [0.29, 0.717) is 24.8 Å². The average Bonchev–Trinajstić information content (AvgIpc) is 2.46. The standard InChI is InChI=1S/C16H23FN2O2/c1-11-6-7-19(14(8-11)10-18)16(20)12(2)21-15-5-3-4-13(17)9-15/h3-5,9,11-12,14H,6-8,10,18H2,1-2H3. The summed E-state index contributed by atoms with van der Waals surface area (Å²) in [6, 6.07) is 5.90. The fourth-order valence-corrected chi connectivity index (χ4v) is 2.79. The minimum Gasteiger partial charge on any atom is -0.481 e. The maximum Gasteiger partial charge on any atom is 0.263 e. The number of benzene rings is 1. The van der Waals surface area contributed by atoms with Crippen LogP contribution < -0.4 is 10.5 Å². The Hall–Kier alpha value is -1.62. The Labute approximate surface area is 125 Å². The van der Waals surface area contributed by atoms with Gasteiger partial charge in [0, 0.05) is 25.2 Å². The van der Waals surface area contributed by atoms with Crippen molar-refractivity contribution in [3.05, 3.63) is 30.1 Å². The summed E-state index contributed by atoms with van der Waals surface area (Å²) in [5.41, 5.74) is 5.78. The van der Waals surface area contributed by atoms with Gasteiger partial charge in [-0.1, -0.05) is 13.0 Å². The monoisotopic (exact) mass is 294 g/mol. The summed E-state index contributed by atoms with van der Waals surface area (Å²) in [5, 5.41) is 0. The smallest absolute Gasteiger partial charge is 0.263 e. The van der Waals surface area contributed by atoms with Crippen LogP contribution in [-0.2, 0) is 4.79 Å². The molecule has 0 aliphatic carbocycles. The molecule has 1 heterocycles. The second-order valence-corrected chi connectivity index (χ2v) is 5.77. The molecule has 3 atom stereocenters. The Morgan fingerprint density at radius 2 is 2.33 bits per heavy atom. The van der Waals surface area contributed by atoms with Crippen molar-refractivity contribution in [1.82, 2.24) is 4.90 Å². The SMILES string of the molecule is CC1CCN(C(=O)C(C)Oc2cccc(F)c2)C(CN)C1. The summed E-state index contributed by atoms with van der Waals surface area (Å²) in [5.74, 6) is 0.493. The first kappa shape index (κ1) is 15.8. The van der Waals surface area contributed by atoms with Gasteiger partial charge < -0.3 is 15.4 Å². The van der Waals surface area contributed by atoms with Crippen LogP contribution in [0.5, 0.6) is 5.75 Å². The van der Waals surface area contributed by atoms with Crippen LogP contribution in [0.1, 0.15) is 26.7 Å². The zero-order valence-corrected chi connectivity index (χ0v) is 12.6. The molecule has 1 saturated heterocycles. The van der Waals surface area contributed by atoms with E-state index in [1.807, 2.05) is 4.90 Å². The zero-order valence-electron chi connectivity index (χ0n) is 12.6. The van der Waals surface area contributed by atoms with Gasteiger partial charge in [0.1, 0.15) is 11.6 Å². The lowest BCUT2D eigenvalue weighted by atomic mass is 9.92. The molecule has 0 bridgehead atoms. The van der Waals surface area contributed by atoms with E-state index in [-0.39, 0.29) is 17.8 Å². The number of halogens is 1. The number of nitrogens with zero attached hydrogens (tertiary/aromatic N) is 1. The fraction of sp³-hybridized carbons (Fsp3) is 0.562. The highest BCUT2D eigenvalue weighted by Crippen LogP contribution is 2.23. The normalized spacial score (nSPS) is 23.7. The second kappa shape index (κ2) is 6.89. The van der Waals surface area contributed by atoms with E-state index in [0.717, 1.165) is 12.8 Å². The number of hydrogen-bond donors (Lipinski definition) is 1. The molecule has 1 aliphatic rings. The molecule has 1 fully saturated rings. The molecule has 0 radical (unpaired) electrons. The molecule has 1 aliphatic heterocycles. The molecular formula is C16H23FN2O2. The van der Waals surface area contributed by atoms with Crippen LogP contribution in [0.15, 0.2) is 24.3 Å². The third-order valence-electron chi connectivity index (χ3n) is 3.99. The molecular weight excluding hydrogens is 271 g/mol. The Kier molecular flexibility index (Phi) is 5.17. The lowest BCUT2D eigenvalue weighted by Crippen LogP contribution is -2.52. The van der Waals surface area contributed by atoms with Gasteiger partial charge in [-0.2, -0.15) is 0 Å². The van der Waals surface area contributed by atoms with Gasteiger partial charge in [0.25, 0.3) is 5.91 Å². The first-order valence-electron chi connectivity index (χ1n) is 7.44. The third kappa shape index (κ3) is 3.94. The molecule has 1 aromatic rings. The lowest BCUT2D eigenvalue weighted by Gasteiger charge is -2.39. The van der Waals surface area contributed by atoms with Crippen LogP contribution in [0, 0.1) is 11.7 Å². The van der Waals surface area contributed by atoms with Crippen LogP contribution in [0.4, 0.5) is 4.39 Å². The number of nitrogens with two attached hydrogens (primary N) is 1. The van der Waals surface area contributed by atoms with Gasteiger partial charge in [-0.25, -0.2) is 4.39 Å². The van der Waals surface area contributed by atoms with Gasteiger partial charge in [-0.15, -0.1) is 0 Å². The predicted molar refractivity (Wildman–Crippen MR) is 79.4 cm³/mol. The van der Waals surface area contributed by atoms with E-state index in [1.54, 1.807) is 19.1 Å². The number of rotatable bonds is 4. The summed E-state index contributed by atoms with van der Waals surface area (Å²) in [7, 11) is 0. The van der Waals surface area contributed by atoms with Crippen LogP contribution in [0.2, 0.25) is 0 Å². The average molecular weight is 294 g/mol. The van der Waals surface area contributed by atoms with E-state index >= 15 is 0 Å². The van der Waals surface area contributed by atoms with Crippen molar-refractivity contribution in [1.29, 1.82) is 0 Å². The highest BCUT2D eigenvalue weighted by molar-refractivity contribution is 5.81. The predicted octanol–water partition coefficient (Wildman–Crippen LogP) is 2.18. The van der Waals surface area contributed by atoms with Gasteiger partial charge >= 0.3 is 0 Å². The molecule has 1 aromatic carbocycles. The molecule has 5 heteroatoms. The highest BCUT2D eigenvalue weighted by atomic mass is 19.1. The molecule has 3 unspecified atom stereocenters. The number of likely N-dealkylation sites (tertiary alicyclic amines) is 1. The van der Waals surface area contributed by atoms with Gasteiger partial charge in [-0.05, 0) is 37.8 Å². The van der Waals surface area contributed by atoms with Gasteiger partial charge in [0.15, 0.2) is 6.10 Å². The number of carbonyl (C=O) groups excluding carboxylic acids is 1. The number of piperidine rings is 1. The quantitative estimate of drug-likeness (QED) is 0.926. The van der Waals surface area contributed by atoms with Crippen LogP contribution in [0.3, 0.4) is 0 Å². The van der Waals surface area contributed by atoms with Gasteiger partial charge in [0.05, 0.1) is 0 Å². The molecule has 21 heavy (non-hydrogen) atoms. The fourth-order valence-electron chi connectivity index (χ4n) is 2.79. The summed E-state index contributed by atoms with van der Waals surface area (Å²) in [6.45, 7) is 5.04. The summed E-state index contributed by atoms with van der Waals surface area (Å²) >= 11 is 0. The first-order chi connectivity index (χ1) is 10.0. The number of ether oxygens (including phenoxy) is 1. The second-order valence-electron chi connectivity index (χ2n) is 5.77. The summed E-state index contributed by atoms with van der Waals surface area (Å²) < 4.78 is 18.7. The third-order valence-corrected chi connectivity index (χ3v) is 3.99. The minimum absolute atomic E-state index is 0.0693. The first-order valence-corrected chi connectivity index (χ1v) is 7.44. The summed E-state index contributed by atoms with van der Waals surface area (Å²) in [4.78, 5) is 14.3. The minimum atomic E-state index is -0.644. The number of amides is 1. The van der Waals surface area contributed by atoms with E-state index in [9.17, 15) is 9.18 Å². The number of carbonyl (C=O) groups is 1. The molecule has 116 valence electrons. The maximum absolute atomic E-state index is 13.1. The van der Waals surface area contributed by atoms with E-state index in [1.165, 1.54) is 12.1 Å². The topological polar surface area (TPSA) is 55.6 Å². The molecule has 2 rings (SSSR count). The molecule has 4 nitrogen and oxygen atoms in total. The Bertz CT molecular complexity index is 495. The van der Waals surface area contributed by atoms with Crippen LogP contribution in [0.25, 0.3) is 0 Å². The number of hydrogen-bond acceptors (Lipinski definition) is 3. The zero-order chi connectivity index (χ0) is 15.4.